The summed E-state index contributed by atoms with van der Waals surface area (Å²) in [6, 6.07) is 4.84. The Kier molecular flexibility index (Phi) is 3.32. The molecule has 2 heterocycles. The van der Waals surface area contributed by atoms with Gasteiger partial charge < -0.3 is 24.8 Å². The molecule has 112 valence electrons. The zero-order valence-electron chi connectivity index (χ0n) is 11.5. The van der Waals surface area contributed by atoms with Crippen LogP contribution in [0.3, 0.4) is 0 Å². The fourth-order valence-corrected chi connectivity index (χ4v) is 2.63. The molecule has 0 bridgehead atoms. The van der Waals surface area contributed by atoms with Crippen LogP contribution >= 0.6 is 0 Å². The van der Waals surface area contributed by atoms with E-state index >= 15 is 0 Å². The predicted molar refractivity (Wildman–Crippen MR) is 73.4 cm³/mol. The molecule has 0 radical (unpaired) electrons. The van der Waals surface area contributed by atoms with Gasteiger partial charge in [-0.25, -0.2) is 4.79 Å². The summed E-state index contributed by atoms with van der Waals surface area (Å²) in [5.74, 6) is -0.182. The van der Waals surface area contributed by atoms with E-state index in [4.69, 9.17) is 14.6 Å². The van der Waals surface area contributed by atoms with Crippen LogP contribution in [0.1, 0.15) is 6.92 Å². The van der Waals surface area contributed by atoms with Crippen LogP contribution in [0.5, 0.6) is 11.5 Å². The molecule has 1 saturated heterocycles. The van der Waals surface area contributed by atoms with E-state index < -0.39 is 11.9 Å². The van der Waals surface area contributed by atoms with Crippen molar-refractivity contribution in [3.05, 3.63) is 18.2 Å². The first-order valence-corrected chi connectivity index (χ1v) is 6.73. The molecule has 3 rings (SSSR count). The monoisotopic (exact) mass is 292 g/mol. The van der Waals surface area contributed by atoms with E-state index in [1.165, 1.54) is 4.90 Å². The van der Waals surface area contributed by atoms with Gasteiger partial charge in [0.2, 0.25) is 6.79 Å². The lowest BCUT2D eigenvalue weighted by atomic mass is 9.99. The van der Waals surface area contributed by atoms with E-state index in [-0.39, 0.29) is 25.3 Å². The summed E-state index contributed by atoms with van der Waals surface area (Å²) in [5.41, 5.74) is 0.593. The van der Waals surface area contributed by atoms with Crippen LogP contribution in [0.15, 0.2) is 18.2 Å². The standard InChI is InChI=1S/C14H16N2O5/c1-8-5-16(6-10(8)13(17)18)14(19)15-9-2-3-11-12(4-9)21-7-20-11/h2-4,8,10H,5-7H2,1H3,(H,15,19)(H,17,18). The highest BCUT2D eigenvalue weighted by molar-refractivity contribution is 5.90. The van der Waals surface area contributed by atoms with Gasteiger partial charge in [-0.2, -0.15) is 0 Å². The molecule has 2 aliphatic heterocycles. The second-order valence-electron chi connectivity index (χ2n) is 5.33. The van der Waals surface area contributed by atoms with Crippen molar-refractivity contribution in [3.63, 3.8) is 0 Å². The molecule has 0 spiro atoms. The van der Waals surface area contributed by atoms with Crippen molar-refractivity contribution in [3.8, 4) is 11.5 Å². The lowest BCUT2D eigenvalue weighted by Crippen LogP contribution is -2.33. The predicted octanol–water partition coefficient (Wildman–Crippen LogP) is 1.60. The first-order chi connectivity index (χ1) is 10.0. The van der Waals surface area contributed by atoms with Gasteiger partial charge in [0.15, 0.2) is 11.5 Å². The van der Waals surface area contributed by atoms with Gasteiger partial charge in [-0.15, -0.1) is 0 Å². The number of nitrogens with zero attached hydrogens (tertiary/aromatic N) is 1. The van der Waals surface area contributed by atoms with Crippen molar-refractivity contribution >= 4 is 17.7 Å². The Hall–Kier alpha value is -2.44. The largest absolute Gasteiger partial charge is 0.481 e. The second-order valence-corrected chi connectivity index (χ2v) is 5.33. The maximum Gasteiger partial charge on any atom is 0.321 e. The Morgan fingerprint density at radius 2 is 2.05 bits per heavy atom. The minimum atomic E-state index is -0.860. The number of urea groups is 1. The Morgan fingerprint density at radius 1 is 1.29 bits per heavy atom. The summed E-state index contributed by atoms with van der Waals surface area (Å²) in [6.07, 6.45) is 0. The highest BCUT2D eigenvalue weighted by Gasteiger charge is 2.37. The SMILES string of the molecule is CC1CN(C(=O)Nc2ccc3c(c2)OCO3)CC1C(=O)O. The van der Waals surface area contributed by atoms with Gasteiger partial charge in [0.25, 0.3) is 0 Å². The molecule has 0 saturated carbocycles. The summed E-state index contributed by atoms with van der Waals surface area (Å²) in [5, 5.41) is 11.8. The molecule has 2 N–H and O–H groups in total. The van der Waals surface area contributed by atoms with Crippen LogP contribution in [0, 0.1) is 11.8 Å². The van der Waals surface area contributed by atoms with Crippen molar-refractivity contribution in [2.24, 2.45) is 11.8 Å². The maximum atomic E-state index is 12.2. The number of rotatable bonds is 2. The van der Waals surface area contributed by atoms with E-state index in [2.05, 4.69) is 5.32 Å². The minimum absolute atomic E-state index is 0.0509. The number of carbonyl (C=O) groups excluding carboxylic acids is 1. The normalized spacial score (nSPS) is 23.2. The number of benzene rings is 1. The number of nitrogens with one attached hydrogen (secondary N) is 1. The number of amides is 2. The molecule has 2 atom stereocenters. The number of aliphatic carboxylic acids is 1. The third-order valence-electron chi connectivity index (χ3n) is 3.84. The molecule has 21 heavy (non-hydrogen) atoms. The van der Waals surface area contributed by atoms with Crippen molar-refractivity contribution in [1.29, 1.82) is 0 Å². The number of fused-ring (bicyclic) bond motifs is 1. The van der Waals surface area contributed by atoms with Gasteiger partial charge in [0, 0.05) is 24.8 Å². The lowest BCUT2D eigenvalue weighted by molar-refractivity contribution is -0.142. The van der Waals surface area contributed by atoms with Gasteiger partial charge in [-0.3, -0.25) is 4.79 Å². The van der Waals surface area contributed by atoms with Crippen LogP contribution in [0.4, 0.5) is 10.5 Å². The van der Waals surface area contributed by atoms with Gasteiger partial charge in [0.05, 0.1) is 5.92 Å². The average molecular weight is 292 g/mol. The smallest absolute Gasteiger partial charge is 0.321 e. The number of hydrogen-bond donors (Lipinski definition) is 2. The second kappa shape index (κ2) is 5.16. The van der Waals surface area contributed by atoms with Crippen LogP contribution in [0.25, 0.3) is 0 Å². The first-order valence-electron chi connectivity index (χ1n) is 6.73. The topological polar surface area (TPSA) is 88.1 Å². The van der Waals surface area contributed by atoms with Crippen molar-refractivity contribution in [2.75, 3.05) is 25.2 Å². The van der Waals surface area contributed by atoms with Gasteiger partial charge in [-0.05, 0) is 18.1 Å². The van der Waals surface area contributed by atoms with Crippen LogP contribution in [-0.4, -0.2) is 41.9 Å². The molecule has 2 unspecified atom stereocenters. The molecule has 0 aliphatic carbocycles. The van der Waals surface area contributed by atoms with Crippen LogP contribution in [0.2, 0.25) is 0 Å². The Balaban J connectivity index is 1.66. The number of carboxylic acid groups (broad SMARTS) is 1. The number of anilines is 1. The highest BCUT2D eigenvalue weighted by Crippen LogP contribution is 2.34. The molecule has 2 aliphatic rings. The Morgan fingerprint density at radius 3 is 2.76 bits per heavy atom. The van der Waals surface area contributed by atoms with Gasteiger partial charge in [-0.1, -0.05) is 6.92 Å². The first kappa shape index (κ1) is 13.5. The zero-order valence-corrected chi connectivity index (χ0v) is 11.5. The average Bonchev–Trinajstić information content (AvgIpc) is 3.04. The number of carbonyl (C=O) groups is 2. The van der Waals surface area contributed by atoms with Crippen LogP contribution in [-0.2, 0) is 4.79 Å². The van der Waals surface area contributed by atoms with Crippen molar-refractivity contribution in [2.45, 2.75) is 6.92 Å². The quantitative estimate of drug-likeness (QED) is 0.864. The van der Waals surface area contributed by atoms with E-state index in [0.717, 1.165) is 0 Å². The minimum Gasteiger partial charge on any atom is -0.481 e. The van der Waals surface area contributed by atoms with E-state index in [1.54, 1.807) is 18.2 Å². The molecular weight excluding hydrogens is 276 g/mol. The molecule has 7 nitrogen and oxygen atoms in total. The molecule has 0 aromatic heterocycles. The van der Waals surface area contributed by atoms with Crippen molar-refractivity contribution in [1.82, 2.24) is 4.90 Å². The third-order valence-corrected chi connectivity index (χ3v) is 3.84. The molecule has 2 amide bonds. The van der Waals surface area contributed by atoms with E-state index in [9.17, 15) is 9.59 Å². The number of ether oxygens (including phenoxy) is 2. The fourth-order valence-electron chi connectivity index (χ4n) is 2.63. The third kappa shape index (κ3) is 2.58. The summed E-state index contributed by atoms with van der Waals surface area (Å²) in [6.45, 7) is 2.68. The fraction of sp³-hybridized carbons (Fsp3) is 0.429. The van der Waals surface area contributed by atoms with Crippen LogP contribution < -0.4 is 14.8 Å². The Bertz CT molecular complexity index is 589. The zero-order chi connectivity index (χ0) is 15.0. The highest BCUT2D eigenvalue weighted by atomic mass is 16.7. The molecule has 7 heteroatoms. The van der Waals surface area contributed by atoms with Crippen molar-refractivity contribution < 1.29 is 24.2 Å². The number of hydrogen-bond acceptors (Lipinski definition) is 4. The van der Waals surface area contributed by atoms with E-state index in [0.29, 0.717) is 23.7 Å². The maximum absolute atomic E-state index is 12.2. The molecule has 1 fully saturated rings. The molecule has 1 aromatic carbocycles. The summed E-state index contributed by atoms with van der Waals surface area (Å²) < 4.78 is 10.4. The summed E-state index contributed by atoms with van der Waals surface area (Å²) >= 11 is 0. The van der Waals surface area contributed by atoms with E-state index in [1.807, 2.05) is 6.92 Å². The summed E-state index contributed by atoms with van der Waals surface area (Å²) in [4.78, 5) is 24.8. The number of likely N-dealkylation sites (tertiary alicyclic amines) is 1. The summed E-state index contributed by atoms with van der Waals surface area (Å²) in [7, 11) is 0. The molecule has 1 aromatic rings. The lowest BCUT2D eigenvalue weighted by Gasteiger charge is -2.17. The van der Waals surface area contributed by atoms with Gasteiger partial charge in [0.1, 0.15) is 0 Å². The number of carboxylic acids is 1. The molecular formula is C14H16N2O5. The van der Waals surface area contributed by atoms with Gasteiger partial charge >= 0.3 is 12.0 Å². The Labute approximate surface area is 121 Å².